The van der Waals surface area contributed by atoms with Crippen molar-refractivity contribution >= 4 is 10.9 Å². The average molecular weight is 272 g/mol. The Bertz CT molecular complexity index is 549. The van der Waals surface area contributed by atoms with Crippen molar-refractivity contribution in [2.45, 2.75) is 44.2 Å². The minimum atomic E-state index is 0.395. The molecule has 0 spiro atoms. The van der Waals surface area contributed by atoms with Gasteiger partial charge in [0.15, 0.2) is 0 Å². The van der Waals surface area contributed by atoms with Crippen molar-refractivity contribution in [1.29, 1.82) is 0 Å². The molecule has 1 aliphatic rings. The molecule has 1 saturated carbocycles. The molecule has 0 amide bonds. The maximum atomic E-state index is 5.59. The highest BCUT2D eigenvalue weighted by molar-refractivity contribution is 5.83. The van der Waals surface area contributed by atoms with Crippen LogP contribution in [0.4, 0.5) is 0 Å². The number of H-pyrrole nitrogens is 1. The van der Waals surface area contributed by atoms with Gasteiger partial charge in [-0.25, -0.2) is 0 Å². The summed E-state index contributed by atoms with van der Waals surface area (Å²) >= 11 is 0. The second kappa shape index (κ2) is 6.42. The fourth-order valence-corrected chi connectivity index (χ4v) is 3.34. The summed E-state index contributed by atoms with van der Waals surface area (Å²) in [6, 6.07) is 9.04. The van der Waals surface area contributed by atoms with E-state index in [0.29, 0.717) is 12.1 Å². The van der Waals surface area contributed by atoms with Gasteiger partial charge in [0.25, 0.3) is 0 Å². The summed E-state index contributed by atoms with van der Waals surface area (Å²) in [4.78, 5) is 3.34. The smallest absolute Gasteiger partial charge is 0.0724 e. The van der Waals surface area contributed by atoms with E-state index < -0.39 is 0 Å². The molecule has 1 fully saturated rings. The van der Waals surface area contributed by atoms with Crippen LogP contribution in [-0.2, 0) is 11.2 Å². The molecule has 0 bridgehead atoms. The number of aromatic amines is 1. The van der Waals surface area contributed by atoms with Crippen molar-refractivity contribution in [1.82, 2.24) is 10.3 Å². The van der Waals surface area contributed by atoms with Gasteiger partial charge in [-0.05, 0) is 37.4 Å². The van der Waals surface area contributed by atoms with Crippen LogP contribution in [0.5, 0.6) is 0 Å². The normalized spacial score (nSPS) is 23.2. The number of para-hydroxylation sites is 1. The number of ether oxygens (including phenoxy) is 1. The van der Waals surface area contributed by atoms with E-state index in [1.54, 1.807) is 0 Å². The Morgan fingerprint density at radius 2 is 2.10 bits per heavy atom. The molecule has 2 aromatic rings. The largest absolute Gasteiger partial charge is 0.380 e. The molecule has 20 heavy (non-hydrogen) atoms. The molecule has 0 radical (unpaired) electrons. The van der Waals surface area contributed by atoms with Crippen molar-refractivity contribution in [2.24, 2.45) is 0 Å². The highest BCUT2D eigenvalue weighted by Gasteiger charge is 2.23. The van der Waals surface area contributed by atoms with Crippen LogP contribution in [0.1, 0.15) is 31.2 Å². The number of methoxy groups -OCH3 is 1. The van der Waals surface area contributed by atoms with Gasteiger partial charge in [-0.3, -0.25) is 0 Å². The molecule has 1 aromatic carbocycles. The number of hydrogen-bond donors (Lipinski definition) is 2. The van der Waals surface area contributed by atoms with Gasteiger partial charge in [0, 0.05) is 30.3 Å². The summed E-state index contributed by atoms with van der Waals surface area (Å²) in [7, 11) is 1.84. The summed E-state index contributed by atoms with van der Waals surface area (Å²) in [5, 5.41) is 5.04. The fraction of sp³-hybridized carbons (Fsp3) is 0.529. The van der Waals surface area contributed by atoms with E-state index in [4.69, 9.17) is 4.74 Å². The third-order valence-corrected chi connectivity index (χ3v) is 4.48. The number of nitrogens with one attached hydrogen (secondary N) is 2. The van der Waals surface area contributed by atoms with Gasteiger partial charge in [-0.2, -0.15) is 0 Å². The number of rotatable bonds is 5. The van der Waals surface area contributed by atoms with E-state index in [-0.39, 0.29) is 0 Å². The van der Waals surface area contributed by atoms with Crippen LogP contribution in [-0.4, -0.2) is 30.8 Å². The number of aromatic nitrogens is 1. The van der Waals surface area contributed by atoms with E-state index in [1.165, 1.54) is 42.1 Å². The molecule has 108 valence electrons. The van der Waals surface area contributed by atoms with Gasteiger partial charge < -0.3 is 15.0 Å². The van der Waals surface area contributed by atoms with Gasteiger partial charge >= 0.3 is 0 Å². The first-order valence-electron chi connectivity index (χ1n) is 7.69. The van der Waals surface area contributed by atoms with Crippen molar-refractivity contribution < 1.29 is 4.74 Å². The van der Waals surface area contributed by atoms with Crippen LogP contribution in [0, 0.1) is 0 Å². The molecule has 0 aliphatic heterocycles. The predicted octanol–water partition coefficient (Wildman–Crippen LogP) is 3.26. The van der Waals surface area contributed by atoms with Crippen LogP contribution in [0.15, 0.2) is 30.5 Å². The SMILES string of the molecule is CO[C@H]1CCCC[C@H]1NCCc1c[nH]c2ccccc12. The molecule has 2 N–H and O–H groups in total. The first kappa shape index (κ1) is 13.7. The lowest BCUT2D eigenvalue weighted by molar-refractivity contribution is 0.0421. The molecular weight excluding hydrogens is 248 g/mol. The number of fused-ring (bicyclic) bond motifs is 1. The highest BCUT2D eigenvalue weighted by Crippen LogP contribution is 2.21. The molecule has 0 unspecified atom stereocenters. The molecule has 3 nitrogen and oxygen atoms in total. The second-order valence-corrected chi connectivity index (χ2v) is 5.73. The third-order valence-electron chi connectivity index (χ3n) is 4.48. The van der Waals surface area contributed by atoms with Crippen LogP contribution in [0.2, 0.25) is 0 Å². The number of benzene rings is 1. The summed E-state index contributed by atoms with van der Waals surface area (Å²) in [5.41, 5.74) is 2.63. The molecule has 1 aliphatic carbocycles. The fourth-order valence-electron chi connectivity index (χ4n) is 3.34. The van der Waals surface area contributed by atoms with Crippen LogP contribution in [0.25, 0.3) is 10.9 Å². The van der Waals surface area contributed by atoms with Crippen LogP contribution >= 0.6 is 0 Å². The van der Waals surface area contributed by atoms with E-state index in [2.05, 4.69) is 40.8 Å². The molecule has 1 heterocycles. The Balaban J connectivity index is 1.57. The predicted molar refractivity (Wildman–Crippen MR) is 83.1 cm³/mol. The lowest BCUT2D eigenvalue weighted by Crippen LogP contribution is -2.43. The highest BCUT2D eigenvalue weighted by atomic mass is 16.5. The topological polar surface area (TPSA) is 37.0 Å². The van der Waals surface area contributed by atoms with Crippen LogP contribution in [0.3, 0.4) is 0 Å². The van der Waals surface area contributed by atoms with Gasteiger partial charge in [0.1, 0.15) is 0 Å². The Hall–Kier alpha value is -1.32. The number of hydrogen-bond acceptors (Lipinski definition) is 2. The lowest BCUT2D eigenvalue weighted by atomic mass is 9.92. The maximum Gasteiger partial charge on any atom is 0.0724 e. The van der Waals surface area contributed by atoms with E-state index in [0.717, 1.165) is 13.0 Å². The molecule has 3 rings (SSSR count). The Kier molecular flexibility index (Phi) is 4.38. The minimum absolute atomic E-state index is 0.395. The maximum absolute atomic E-state index is 5.59. The van der Waals surface area contributed by atoms with E-state index in [9.17, 15) is 0 Å². The monoisotopic (exact) mass is 272 g/mol. The van der Waals surface area contributed by atoms with Gasteiger partial charge in [0.2, 0.25) is 0 Å². The third kappa shape index (κ3) is 2.89. The first-order valence-corrected chi connectivity index (χ1v) is 7.69. The van der Waals surface area contributed by atoms with Gasteiger partial charge in [0.05, 0.1) is 6.10 Å². The summed E-state index contributed by atoms with van der Waals surface area (Å²) in [6.45, 7) is 1.02. The zero-order valence-electron chi connectivity index (χ0n) is 12.2. The lowest BCUT2D eigenvalue weighted by Gasteiger charge is -2.31. The molecular formula is C17H24N2O. The molecule has 2 atom stereocenters. The Morgan fingerprint density at radius 3 is 3.00 bits per heavy atom. The zero-order chi connectivity index (χ0) is 13.8. The molecule has 1 aromatic heterocycles. The van der Waals surface area contributed by atoms with Crippen molar-refractivity contribution in [2.75, 3.05) is 13.7 Å². The van der Waals surface area contributed by atoms with E-state index >= 15 is 0 Å². The summed E-state index contributed by atoms with van der Waals surface area (Å²) in [6.07, 6.45) is 8.67. The van der Waals surface area contributed by atoms with Crippen molar-refractivity contribution in [3.63, 3.8) is 0 Å². The standard InChI is InChI=1S/C17H24N2O/c1-20-17-9-5-4-8-16(17)18-11-10-13-12-19-15-7-3-2-6-14(13)15/h2-3,6-7,12,16-19H,4-5,8-11H2,1H3/t16-,17+/m1/s1. The molecule has 3 heteroatoms. The Morgan fingerprint density at radius 1 is 1.25 bits per heavy atom. The van der Waals surface area contributed by atoms with Crippen LogP contribution < -0.4 is 5.32 Å². The summed E-state index contributed by atoms with van der Waals surface area (Å²) in [5.74, 6) is 0. The quantitative estimate of drug-likeness (QED) is 0.876. The second-order valence-electron chi connectivity index (χ2n) is 5.73. The molecule has 0 saturated heterocycles. The average Bonchev–Trinajstić information content (AvgIpc) is 2.91. The minimum Gasteiger partial charge on any atom is -0.380 e. The van der Waals surface area contributed by atoms with E-state index in [1.807, 2.05) is 7.11 Å². The zero-order valence-corrected chi connectivity index (χ0v) is 12.2. The summed E-state index contributed by atoms with van der Waals surface area (Å²) < 4.78 is 5.59. The van der Waals surface area contributed by atoms with Crippen molar-refractivity contribution in [3.8, 4) is 0 Å². The van der Waals surface area contributed by atoms with Crippen molar-refractivity contribution in [3.05, 3.63) is 36.0 Å². The Labute approximate surface area is 120 Å². The van der Waals surface area contributed by atoms with Gasteiger partial charge in [-0.1, -0.05) is 31.0 Å². The van der Waals surface area contributed by atoms with Gasteiger partial charge in [-0.15, -0.1) is 0 Å². The first-order chi connectivity index (χ1) is 9.88.